The van der Waals surface area contributed by atoms with Crippen molar-refractivity contribution in [2.75, 3.05) is 45.1 Å². The predicted octanol–water partition coefficient (Wildman–Crippen LogP) is 1.03. The number of rotatable bonds is 5. The summed E-state index contributed by atoms with van der Waals surface area (Å²) in [4.78, 5) is 28.0. The number of hydrogen-bond donors (Lipinski definition) is 2. The highest BCUT2D eigenvalue weighted by Crippen LogP contribution is 2.16. The number of carbonyl (C=O) groups is 2. The monoisotopic (exact) mass is 338 g/mol. The second-order valence-corrected chi connectivity index (χ2v) is 6.10. The summed E-state index contributed by atoms with van der Waals surface area (Å²) in [6.07, 6.45) is 0. The first-order chi connectivity index (χ1) is 11.0. The summed E-state index contributed by atoms with van der Waals surface area (Å²) in [5, 5.41) is 6.11. The molecule has 1 heterocycles. The van der Waals surface area contributed by atoms with Crippen LogP contribution in [0.5, 0.6) is 0 Å². The summed E-state index contributed by atoms with van der Waals surface area (Å²) in [5.41, 5.74) is 0.701. The van der Waals surface area contributed by atoms with Crippen LogP contribution in [0.4, 0.5) is 5.69 Å². The van der Waals surface area contributed by atoms with Gasteiger partial charge >= 0.3 is 0 Å². The molecule has 0 spiro atoms. The van der Waals surface area contributed by atoms with Crippen LogP contribution in [0.3, 0.4) is 0 Å². The quantitative estimate of drug-likeness (QED) is 0.841. The van der Waals surface area contributed by atoms with Crippen LogP contribution in [0.2, 0.25) is 5.02 Å². The molecule has 2 rings (SSSR count). The Kier molecular flexibility index (Phi) is 6.38. The van der Waals surface area contributed by atoms with Crippen molar-refractivity contribution >= 4 is 29.1 Å². The summed E-state index contributed by atoms with van der Waals surface area (Å²) in [5.74, 6) is -0.0304. The molecular weight excluding hydrogens is 316 g/mol. The standard InChI is InChI=1S/C16H23ClN4O2/c1-12(16(23)19-14-5-3-4-13(17)10-14)21-8-6-20(7-9-21)11-15(22)18-2/h3-5,10,12H,6-9,11H2,1-2H3,(H,18,22)(H,19,23)/t12-/m0/s1. The van der Waals surface area contributed by atoms with Gasteiger partial charge in [0, 0.05) is 43.9 Å². The fourth-order valence-corrected chi connectivity index (χ4v) is 2.76. The Labute approximate surface area is 141 Å². The van der Waals surface area contributed by atoms with Gasteiger partial charge in [0.25, 0.3) is 0 Å². The predicted molar refractivity (Wildman–Crippen MR) is 91.6 cm³/mol. The minimum Gasteiger partial charge on any atom is -0.358 e. The van der Waals surface area contributed by atoms with E-state index in [1.807, 2.05) is 13.0 Å². The van der Waals surface area contributed by atoms with E-state index in [-0.39, 0.29) is 17.9 Å². The number of nitrogens with zero attached hydrogens (tertiary/aromatic N) is 2. The third-order valence-corrected chi connectivity index (χ3v) is 4.31. The lowest BCUT2D eigenvalue weighted by atomic mass is 10.2. The maximum Gasteiger partial charge on any atom is 0.241 e. The van der Waals surface area contributed by atoms with Gasteiger partial charge in [-0.25, -0.2) is 0 Å². The molecule has 1 atom stereocenters. The van der Waals surface area contributed by atoms with Crippen LogP contribution in [0.1, 0.15) is 6.92 Å². The number of hydrogen-bond acceptors (Lipinski definition) is 4. The first kappa shape index (κ1) is 17.7. The molecule has 6 nitrogen and oxygen atoms in total. The molecule has 0 radical (unpaired) electrons. The molecule has 0 bridgehead atoms. The minimum atomic E-state index is -0.226. The SMILES string of the molecule is CNC(=O)CN1CCN([C@@H](C)C(=O)Nc2cccc(Cl)c2)CC1. The van der Waals surface area contributed by atoms with Crippen molar-refractivity contribution in [3.05, 3.63) is 29.3 Å². The van der Waals surface area contributed by atoms with Crippen molar-refractivity contribution in [2.24, 2.45) is 0 Å². The third-order valence-electron chi connectivity index (χ3n) is 4.07. The minimum absolute atomic E-state index is 0.0187. The number of halogens is 1. The number of carbonyl (C=O) groups excluding carboxylic acids is 2. The lowest BCUT2D eigenvalue weighted by Crippen LogP contribution is -2.54. The Bertz CT molecular complexity index is 559. The normalized spacial score (nSPS) is 17.5. The number of nitrogens with one attached hydrogen (secondary N) is 2. The highest BCUT2D eigenvalue weighted by atomic mass is 35.5. The molecular formula is C16H23ClN4O2. The molecule has 0 aromatic heterocycles. The molecule has 0 saturated carbocycles. The van der Waals surface area contributed by atoms with E-state index in [9.17, 15) is 9.59 Å². The molecule has 1 aromatic rings. The van der Waals surface area contributed by atoms with Gasteiger partial charge in [-0.15, -0.1) is 0 Å². The number of likely N-dealkylation sites (N-methyl/N-ethyl adjacent to an activating group) is 1. The van der Waals surface area contributed by atoms with E-state index < -0.39 is 0 Å². The van der Waals surface area contributed by atoms with Gasteiger partial charge in [0.05, 0.1) is 12.6 Å². The molecule has 23 heavy (non-hydrogen) atoms. The highest BCUT2D eigenvalue weighted by molar-refractivity contribution is 6.30. The molecule has 1 aliphatic heterocycles. The van der Waals surface area contributed by atoms with Crippen molar-refractivity contribution in [1.29, 1.82) is 0 Å². The first-order valence-corrected chi connectivity index (χ1v) is 8.11. The van der Waals surface area contributed by atoms with Crippen molar-refractivity contribution in [3.63, 3.8) is 0 Å². The van der Waals surface area contributed by atoms with Crippen LogP contribution in [-0.4, -0.2) is 67.4 Å². The molecule has 7 heteroatoms. The second-order valence-electron chi connectivity index (χ2n) is 5.66. The number of anilines is 1. The van der Waals surface area contributed by atoms with E-state index in [4.69, 9.17) is 11.6 Å². The second kappa shape index (κ2) is 8.29. The van der Waals surface area contributed by atoms with Crippen LogP contribution >= 0.6 is 11.6 Å². The van der Waals surface area contributed by atoms with Crippen molar-refractivity contribution in [3.8, 4) is 0 Å². The first-order valence-electron chi connectivity index (χ1n) is 7.73. The Hall–Kier alpha value is -1.63. The summed E-state index contributed by atoms with van der Waals surface area (Å²) in [6.45, 7) is 5.40. The van der Waals surface area contributed by atoms with Crippen LogP contribution in [0, 0.1) is 0 Å². The lowest BCUT2D eigenvalue weighted by Gasteiger charge is -2.37. The van der Waals surface area contributed by atoms with E-state index in [0.29, 0.717) is 17.3 Å². The van der Waals surface area contributed by atoms with Gasteiger partial charge in [-0.2, -0.15) is 0 Å². The van der Waals surface area contributed by atoms with Crippen LogP contribution in [0.15, 0.2) is 24.3 Å². The van der Waals surface area contributed by atoms with Gasteiger partial charge in [-0.1, -0.05) is 17.7 Å². The fraction of sp³-hybridized carbons (Fsp3) is 0.500. The number of piperazine rings is 1. The highest BCUT2D eigenvalue weighted by Gasteiger charge is 2.26. The van der Waals surface area contributed by atoms with Crippen molar-refractivity contribution in [2.45, 2.75) is 13.0 Å². The van der Waals surface area contributed by atoms with Crippen LogP contribution in [-0.2, 0) is 9.59 Å². The zero-order valence-electron chi connectivity index (χ0n) is 13.5. The molecule has 126 valence electrons. The maximum atomic E-state index is 12.4. The third kappa shape index (κ3) is 5.20. The smallest absolute Gasteiger partial charge is 0.241 e. The van der Waals surface area contributed by atoms with Gasteiger partial charge in [0.2, 0.25) is 11.8 Å². The number of amides is 2. The average molecular weight is 339 g/mol. The maximum absolute atomic E-state index is 12.4. The topological polar surface area (TPSA) is 64.7 Å². The molecule has 0 aliphatic carbocycles. The Morgan fingerprint density at radius 1 is 1.26 bits per heavy atom. The van der Waals surface area contributed by atoms with Gasteiger partial charge in [-0.3, -0.25) is 19.4 Å². The molecule has 1 saturated heterocycles. The van der Waals surface area contributed by atoms with Gasteiger partial charge < -0.3 is 10.6 Å². The fourth-order valence-electron chi connectivity index (χ4n) is 2.57. The zero-order valence-corrected chi connectivity index (χ0v) is 14.3. The average Bonchev–Trinajstić information content (AvgIpc) is 2.54. The van der Waals surface area contributed by atoms with E-state index in [1.165, 1.54) is 0 Å². The molecule has 2 N–H and O–H groups in total. The summed E-state index contributed by atoms with van der Waals surface area (Å²) in [6, 6.07) is 6.90. The molecule has 0 unspecified atom stereocenters. The summed E-state index contributed by atoms with van der Waals surface area (Å²) in [7, 11) is 1.64. The molecule has 2 amide bonds. The van der Waals surface area contributed by atoms with Crippen LogP contribution < -0.4 is 10.6 Å². The van der Waals surface area contributed by atoms with Gasteiger partial charge in [-0.05, 0) is 25.1 Å². The lowest BCUT2D eigenvalue weighted by molar-refractivity contribution is -0.124. The molecule has 1 aromatic carbocycles. The Morgan fingerprint density at radius 3 is 2.57 bits per heavy atom. The molecule has 1 fully saturated rings. The van der Waals surface area contributed by atoms with E-state index in [2.05, 4.69) is 20.4 Å². The van der Waals surface area contributed by atoms with Gasteiger partial charge in [0.1, 0.15) is 0 Å². The van der Waals surface area contributed by atoms with E-state index >= 15 is 0 Å². The summed E-state index contributed by atoms with van der Waals surface area (Å²) < 4.78 is 0. The van der Waals surface area contributed by atoms with Crippen molar-refractivity contribution < 1.29 is 9.59 Å². The summed E-state index contributed by atoms with van der Waals surface area (Å²) >= 11 is 5.93. The van der Waals surface area contributed by atoms with Crippen molar-refractivity contribution in [1.82, 2.24) is 15.1 Å². The van der Waals surface area contributed by atoms with E-state index in [0.717, 1.165) is 26.2 Å². The van der Waals surface area contributed by atoms with Crippen LogP contribution in [0.25, 0.3) is 0 Å². The molecule has 1 aliphatic rings. The number of benzene rings is 1. The van der Waals surface area contributed by atoms with E-state index in [1.54, 1.807) is 25.2 Å². The Balaban J connectivity index is 1.83. The Morgan fingerprint density at radius 2 is 1.96 bits per heavy atom. The largest absolute Gasteiger partial charge is 0.358 e. The van der Waals surface area contributed by atoms with Gasteiger partial charge in [0.15, 0.2) is 0 Å². The zero-order chi connectivity index (χ0) is 16.8.